The molecule has 28 heavy (non-hydrogen) atoms. The standard InChI is InChI=1S/C23H17ClO4/c1-27-21-4-2-3-18(15-21)23(26)28-20-12-5-16(6-13-20)7-14-22(25)17-8-10-19(24)11-9-17/h2-15H,1H3/b14-7+. The third-order valence-electron chi connectivity index (χ3n) is 3.95. The van der Waals surface area contributed by atoms with E-state index in [2.05, 4.69) is 0 Å². The second-order valence-electron chi connectivity index (χ2n) is 5.89. The van der Waals surface area contributed by atoms with Crippen LogP contribution in [0, 0.1) is 0 Å². The summed E-state index contributed by atoms with van der Waals surface area (Å²) in [5.74, 6) is 0.402. The maximum atomic E-state index is 12.2. The van der Waals surface area contributed by atoms with Gasteiger partial charge >= 0.3 is 5.97 Å². The Hall–Kier alpha value is -3.37. The first-order valence-corrected chi connectivity index (χ1v) is 8.87. The van der Waals surface area contributed by atoms with Crippen molar-refractivity contribution in [3.05, 3.63) is 101 Å². The number of allylic oxidation sites excluding steroid dienone is 1. The lowest BCUT2D eigenvalue weighted by Crippen LogP contribution is -2.08. The molecule has 0 aromatic heterocycles. The number of hydrogen-bond acceptors (Lipinski definition) is 4. The highest BCUT2D eigenvalue weighted by atomic mass is 35.5. The molecule has 0 aliphatic rings. The average molecular weight is 393 g/mol. The minimum atomic E-state index is -0.472. The Kier molecular flexibility index (Phi) is 6.25. The van der Waals surface area contributed by atoms with Gasteiger partial charge in [0.2, 0.25) is 0 Å². The summed E-state index contributed by atoms with van der Waals surface area (Å²) in [7, 11) is 1.54. The topological polar surface area (TPSA) is 52.6 Å². The van der Waals surface area contributed by atoms with Crippen LogP contribution in [0.3, 0.4) is 0 Å². The smallest absolute Gasteiger partial charge is 0.343 e. The molecular formula is C23H17ClO4. The summed E-state index contributed by atoms with van der Waals surface area (Å²) in [6.45, 7) is 0. The molecule has 3 aromatic carbocycles. The average Bonchev–Trinajstić information content (AvgIpc) is 2.73. The van der Waals surface area contributed by atoms with E-state index in [0.717, 1.165) is 5.56 Å². The van der Waals surface area contributed by atoms with Gasteiger partial charge in [-0.3, -0.25) is 4.79 Å². The number of carbonyl (C=O) groups is 2. The number of methoxy groups -OCH3 is 1. The lowest BCUT2D eigenvalue weighted by molar-refractivity contribution is 0.0734. The molecule has 3 aromatic rings. The van der Waals surface area contributed by atoms with E-state index < -0.39 is 5.97 Å². The molecule has 0 bridgehead atoms. The summed E-state index contributed by atoms with van der Waals surface area (Å²) in [5.41, 5.74) is 1.77. The lowest BCUT2D eigenvalue weighted by Gasteiger charge is -2.06. The number of ether oxygens (including phenoxy) is 2. The summed E-state index contributed by atoms with van der Waals surface area (Å²) in [4.78, 5) is 24.4. The van der Waals surface area contributed by atoms with E-state index in [1.165, 1.54) is 13.2 Å². The fourth-order valence-electron chi connectivity index (χ4n) is 2.45. The quantitative estimate of drug-likeness (QED) is 0.242. The monoisotopic (exact) mass is 392 g/mol. The van der Waals surface area contributed by atoms with Gasteiger partial charge in [0.15, 0.2) is 5.78 Å². The first kappa shape index (κ1) is 19.4. The highest BCUT2D eigenvalue weighted by Gasteiger charge is 2.09. The van der Waals surface area contributed by atoms with Gasteiger partial charge in [0, 0.05) is 10.6 Å². The summed E-state index contributed by atoms with van der Waals surface area (Å²) in [6.07, 6.45) is 3.19. The zero-order valence-electron chi connectivity index (χ0n) is 15.1. The van der Waals surface area contributed by atoms with Crippen molar-refractivity contribution >= 4 is 29.4 Å². The number of halogens is 1. The van der Waals surface area contributed by atoms with Crippen LogP contribution >= 0.6 is 11.6 Å². The Morgan fingerprint density at radius 1 is 0.857 bits per heavy atom. The van der Waals surface area contributed by atoms with Crippen molar-refractivity contribution in [1.82, 2.24) is 0 Å². The SMILES string of the molecule is COc1cccc(C(=O)Oc2ccc(/C=C/C(=O)c3ccc(Cl)cc3)cc2)c1. The lowest BCUT2D eigenvalue weighted by atomic mass is 10.1. The maximum absolute atomic E-state index is 12.2. The van der Waals surface area contributed by atoms with Crippen LogP contribution in [0.25, 0.3) is 6.08 Å². The molecule has 0 heterocycles. The molecule has 0 amide bonds. The zero-order chi connectivity index (χ0) is 19.9. The van der Waals surface area contributed by atoms with E-state index in [-0.39, 0.29) is 5.78 Å². The van der Waals surface area contributed by atoms with Crippen LogP contribution in [0.2, 0.25) is 5.02 Å². The van der Waals surface area contributed by atoms with Crippen molar-refractivity contribution in [3.63, 3.8) is 0 Å². The number of benzene rings is 3. The fraction of sp³-hybridized carbons (Fsp3) is 0.0435. The van der Waals surface area contributed by atoms with E-state index in [1.807, 2.05) is 0 Å². The molecule has 0 fully saturated rings. The number of rotatable bonds is 6. The maximum Gasteiger partial charge on any atom is 0.343 e. The van der Waals surface area contributed by atoms with E-state index in [9.17, 15) is 9.59 Å². The first-order chi connectivity index (χ1) is 13.5. The Labute approximate surface area is 168 Å². The molecule has 0 N–H and O–H groups in total. The number of ketones is 1. The molecule has 0 atom stereocenters. The molecule has 0 saturated heterocycles. The van der Waals surface area contributed by atoms with Gasteiger partial charge < -0.3 is 9.47 Å². The zero-order valence-corrected chi connectivity index (χ0v) is 15.8. The van der Waals surface area contributed by atoms with Gasteiger partial charge in [-0.15, -0.1) is 0 Å². The highest BCUT2D eigenvalue weighted by Crippen LogP contribution is 2.18. The van der Waals surface area contributed by atoms with Crippen LogP contribution in [0.1, 0.15) is 26.3 Å². The summed E-state index contributed by atoms with van der Waals surface area (Å²) >= 11 is 5.82. The number of esters is 1. The summed E-state index contributed by atoms with van der Waals surface area (Å²) in [5, 5.41) is 0.583. The van der Waals surface area contributed by atoms with E-state index in [4.69, 9.17) is 21.1 Å². The third kappa shape index (κ3) is 5.09. The highest BCUT2D eigenvalue weighted by molar-refractivity contribution is 6.30. The van der Waals surface area contributed by atoms with Crippen molar-refractivity contribution in [3.8, 4) is 11.5 Å². The van der Waals surface area contributed by atoms with Gasteiger partial charge in [-0.05, 0) is 66.2 Å². The van der Waals surface area contributed by atoms with Crippen molar-refractivity contribution in [2.45, 2.75) is 0 Å². The molecule has 0 saturated carbocycles. The molecule has 5 heteroatoms. The summed E-state index contributed by atoms with van der Waals surface area (Å²) in [6, 6.07) is 20.3. The Bertz CT molecular complexity index is 1010. The van der Waals surface area contributed by atoms with Crippen LogP contribution < -0.4 is 9.47 Å². The van der Waals surface area contributed by atoms with Gasteiger partial charge in [-0.25, -0.2) is 4.79 Å². The number of carbonyl (C=O) groups excluding carboxylic acids is 2. The Morgan fingerprint density at radius 3 is 2.25 bits per heavy atom. The Morgan fingerprint density at radius 2 is 1.57 bits per heavy atom. The van der Waals surface area contributed by atoms with Crippen LogP contribution in [-0.2, 0) is 0 Å². The predicted octanol–water partition coefficient (Wildman–Crippen LogP) is 5.46. The van der Waals surface area contributed by atoms with Crippen LogP contribution in [0.4, 0.5) is 0 Å². The first-order valence-electron chi connectivity index (χ1n) is 8.49. The van der Waals surface area contributed by atoms with Crippen molar-refractivity contribution in [2.24, 2.45) is 0 Å². The molecule has 140 valence electrons. The summed E-state index contributed by atoms with van der Waals surface area (Å²) < 4.78 is 10.5. The van der Waals surface area contributed by atoms with E-state index >= 15 is 0 Å². The molecule has 4 nitrogen and oxygen atoms in total. The van der Waals surface area contributed by atoms with Gasteiger partial charge in [0.25, 0.3) is 0 Å². The predicted molar refractivity (Wildman–Crippen MR) is 109 cm³/mol. The van der Waals surface area contributed by atoms with Crippen molar-refractivity contribution in [1.29, 1.82) is 0 Å². The largest absolute Gasteiger partial charge is 0.497 e. The van der Waals surface area contributed by atoms with Gasteiger partial charge in [0.1, 0.15) is 11.5 Å². The fourth-order valence-corrected chi connectivity index (χ4v) is 2.57. The van der Waals surface area contributed by atoms with Gasteiger partial charge in [-0.2, -0.15) is 0 Å². The van der Waals surface area contributed by atoms with Gasteiger partial charge in [-0.1, -0.05) is 35.9 Å². The second-order valence-corrected chi connectivity index (χ2v) is 6.33. The minimum absolute atomic E-state index is 0.120. The van der Waals surface area contributed by atoms with Crippen LogP contribution in [0.5, 0.6) is 11.5 Å². The second kappa shape index (κ2) is 9.02. The van der Waals surface area contributed by atoms with Crippen molar-refractivity contribution < 1.29 is 19.1 Å². The molecule has 0 aliphatic carbocycles. The molecule has 0 aliphatic heterocycles. The van der Waals surface area contributed by atoms with Crippen molar-refractivity contribution in [2.75, 3.05) is 7.11 Å². The van der Waals surface area contributed by atoms with Gasteiger partial charge in [0.05, 0.1) is 12.7 Å². The molecule has 0 unspecified atom stereocenters. The number of hydrogen-bond donors (Lipinski definition) is 0. The minimum Gasteiger partial charge on any atom is -0.497 e. The third-order valence-corrected chi connectivity index (χ3v) is 4.20. The molecule has 0 radical (unpaired) electrons. The molecular weight excluding hydrogens is 376 g/mol. The molecule has 3 rings (SSSR count). The van der Waals surface area contributed by atoms with Crippen LogP contribution in [0.15, 0.2) is 78.9 Å². The normalized spacial score (nSPS) is 10.6. The molecule has 0 spiro atoms. The van der Waals surface area contributed by atoms with E-state index in [0.29, 0.717) is 27.6 Å². The van der Waals surface area contributed by atoms with Crippen LogP contribution in [-0.4, -0.2) is 18.9 Å². The Balaban J connectivity index is 1.63. The van der Waals surface area contributed by atoms with E-state index in [1.54, 1.807) is 78.9 Å².